The standard InChI is InChI=1S/C37H45ClN4O4/c1-25(2)41(4)21-11-10-16-32(36(45)39-30-17-18-31(38)26(3)22-30)40-37(46)33-23-28-14-8-9-15-29(28)24-42(33)35(44)20-19-34(43)27-12-6-5-7-13-27/h5-9,12-15,17-18,22,25,32-33H,10-11,16,19-21,23-24H2,1-4H3,(H,39,45)(H,40,46)/t32-,33-/m0/s1. The number of rotatable bonds is 14. The normalized spacial score (nSPS) is 14.9. The quantitative estimate of drug-likeness (QED) is 0.161. The monoisotopic (exact) mass is 644 g/mol. The van der Waals surface area contributed by atoms with Gasteiger partial charge < -0.3 is 20.4 Å². The van der Waals surface area contributed by atoms with E-state index in [0.717, 1.165) is 36.1 Å². The Morgan fingerprint density at radius 1 is 0.935 bits per heavy atom. The number of hydrogen-bond acceptors (Lipinski definition) is 5. The number of carbonyl (C=O) groups excluding carboxylic acids is 4. The van der Waals surface area contributed by atoms with Gasteiger partial charge in [0.05, 0.1) is 0 Å². The third kappa shape index (κ3) is 9.50. The third-order valence-electron chi connectivity index (χ3n) is 8.73. The topological polar surface area (TPSA) is 98.8 Å². The number of anilines is 1. The second-order valence-corrected chi connectivity index (χ2v) is 12.8. The zero-order chi connectivity index (χ0) is 33.2. The van der Waals surface area contributed by atoms with E-state index in [-0.39, 0.29) is 42.9 Å². The maximum atomic E-state index is 14.0. The van der Waals surface area contributed by atoms with Crippen LogP contribution in [0.25, 0.3) is 0 Å². The summed E-state index contributed by atoms with van der Waals surface area (Å²) < 4.78 is 0. The van der Waals surface area contributed by atoms with Gasteiger partial charge >= 0.3 is 0 Å². The number of aryl methyl sites for hydroxylation is 1. The largest absolute Gasteiger partial charge is 0.342 e. The minimum absolute atomic E-state index is 0.0110. The van der Waals surface area contributed by atoms with Crippen LogP contribution in [0.4, 0.5) is 5.69 Å². The lowest BCUT2D eigenvalue weighted by Crippen LogP contribution is -2.56. The molecule has 0 bridgehead atoms. The van der Waals surface area contributed by atoms with Crippen molar-refractivity contribution in [2.75, 3.05) is 18.9 Å². The van der Waals surface area contributed by atoms with Gasteiger partial charge in [-0.15, -0.1) is 0 Å². The fourth-order valence-electron chi connectivity index (χ4n) is 5.61. The molecule has 0 spiro atoms. The van der Waals surface area contributed by atoms with E-state index < -0.39 is 12.1 Å². The van der Waals surface area contributed by atoms with Crippen LogP contribution in [0.5, 0.6) is 0 Å². The fourth-order valence-corrected chi connectivity index (χ4v) is 5.73. The van der Waals surface area contributed by atoms with Gasteiger partial charge in [-0.2, -0.15) is 0 Å². The molecule has 3 aromatic carbocycles. The highest BCUT2D eigenvalue weighted by atomic mass is 35.5. The molecule has 0 saturated carbocycles. The molecular weight excluding hydrogens is 600 g/mol. The van der Waals surface area contributed by atoms with Crippen LogP contribution >= 0.6 is 11.6 Å². The predicted octanol–water partition coefficient (Wildman–Crippen LogP) is 6.20. The van der Waals surface area contributed by atoms with E-state index in [2.05, 4.69) is 36.4 Å². The van der Waals surface area contributed by atoms with Crippen molar-refractivity contribution >= 4 is 40.8 Å². The summed E-state index contributed by atoms with van der Waals surface area (Å²) in [4.78, 5) is 57.8. The minimum atomic E-state index is -0.811. The van der Waals surface area contributed by atoms with Crippen molar-refractivity contribution < 1.29 is 19.2 Å². The first kappa shape index (κ1) is 34.9. The molecule has 0 aliphatic carbocycles. The lowest BCUT2D eigenvalue weighted by molar-refractivity contribution is -0.142. The predicted molar refractivity (Wildman–Crippen MR) is 183 cm³/mol. The van der Waals surface area contributed by atoms with Gasteiger partial charge in [0.15, 0.2) is 5.78 Å². The number of amides is 3. The van der Waals surface area contributed by atoms with Crippen LogP contribution in [0.3, 0.4) is 0 Å². The van der Waals surface area contributed by atoms with Gasteiger partial charge in [-0.05, 0) is 88.5 Å². The minimum Gasteiger partial charge on any atom is -0.342 e. The highest BCUT2D eigenvalue weighted by Gasteiger charge is 2.36. The Morgan fingerprint density at radius 3 is 2.33 bits per heavy atom. The molecule has 0 fully saturated rings. The number of unbranched alkanes of at least 4 members (excludes halogenated alkanes) is 1. The van der Waals surface area contributed by atoms with Gasteiger partial charge in [-0.3, -0.25) is 19.2 Å². The lowest BCUT2D eigenvalue weighted by atomic mass is 9.92. The smallest absolute Gasteiger partial charge is 0.246 e. The summed E-state index contributed by atoms with van der Waals surface area (Å²) >= 11 is 6.19. The van der Waals surface area contributed by atoms with Gasteiger partial charge in [0, 0.05) is 48.1 Å². The molecule has 244 valence electrons. The Kier molecular flexibility index (Phi) is 12.5. The number of benzene rings is 3. The summed E-state index contributed by atoms with van der Waals surface area (Å²) in [6.45, 7) is 7.27. The molecule has 0 aromatic heterocycles. The Balaban J connectivity index is 1.50. The average Bonchev–Trinajstić information content (AvgIpc) is 3.05. The second-order valence-electron chi connectivity index (χ2n) is 12.4. The first-order chi connectivity index (χ1) is 22.0. The molecule has 3 aromatic rings. The Labute approximate surface area is 277 Å². The van der Waals surface area contributed by atoms with E-state index in [4.69, 9.17) is 11.6 Å². The van der Waals surface area contributed by atoms with Crippen molar-refractivity contribution in [1.82, 2.24) is 15.1 Å². The van der Waals surface area contributed by atoms with Crippen LogP contribution in [-0.4, -0.2) is 65.0 Å². The van der Waals surface area contributed by atoms with E-state index in [0.29, 0.717) is 35.2 Å². The zero-order valence-corrected chi connectivity index (χ0v) is 28.0. The first-order valence-corrected chi connectivity index (χ1v) is 16.4. The van der Waals surface area contributed by atoms with Gasteiger partial charge in [0.1, 0.15) is 12.1 Å². The van der Waals surface area contributed by atoms with Crippen LogP contribution in [0.15, 0.2) is 72.8 Å². The highest BCUT2D eigenvalue weighted by Crippen LogP contribution is 2.25. The second kappa shape index (κ2) is 16.5. The molecule has 0 saturated heterocycles. The van der Waals surface area contributed by atoms with E-state index in [1.54, 1.807) is 47.4 Å². The summed E-state index contributed by atoms with van der Waals surface area (Å²) in [5, 5.41) is 6.54. The highest BCUT2D eigenvalue weighted by molar-refractivity contribution is 6.31. The number of nitrogens with one attached hydrogen (secondary N) is 2. The Bertz CT molecular complexity index is 1530. The van der Waals surface area contributed by atoms with Crippen LogP contribution < -0.4 is 10.6 Å². The number of fused-ring (bicyclic) bond motifs is 1. The molecule has 1 aliphatic heterocycles. The van der Waals surface area contributed by atoms with E-state index in [1.807, 2.05) is 37.3 Å². The maximum absolute atomic E-state index is 14.0. The van der Waals surface area contributed by atoms with Gasteiger partial charge in [-0.25, -0.2) is 0 Å². The Hall–Kier alpha value is -4.01. The molecule has 2 atom stereocenters. The molecule has 8 nitrogen and oxygen atoms in total. The third-order valence-corrected chi connectivity index (χ3v) is 9.15. The van der Waals surface area contributed by atoms with Gasteiger partial charge in [0.2, 0.25) is 17.7 Å². The number of Topliss-reactive ketones (excluding diaryl/α,β-unsaturated/α-hetero) is 1. The SMILES string of the molecule is Cc1cc(NC(=O)[C@H](CCCCN(C)C(C)C)NC(=O)[C@@H]2Cc3ccccc3CN2C(=O)CCC(=O)c2ccccc2)ccc1Cl. The van der Waals surface area contributed by atoms with Crippen molar-refractivity contribution in [3.05, 3.63) is 100 Å². The first-order valence-electron chi connectivity index (χ1n) is 16.1. The van der Waals surface area contributed by atoms with Crippen molar-refractivity contribution in [3.8, 4) is 0 Å². The molecule has 3 amide bonds. The number of ketones is 1. The molecule has 1 heterocycles. The summed E-state index contributed by atoms with van der Waals surface area (Å²) in [5.74, 6) is -1.10. The van der Waals surface area contributed by atoms with E-state index >= 15 is 0 Å². The Morgan fingerprint density at radius 2 is 1.63 bits per heavy atom. The number of carbonyl (C=O) groups is 4. The molecule has 0 radical (unpaired) electrons. The van der Waals surface area contributed by atoms with Crippen LogP contribution in [0, 0.1) is 6.92 Å². The number of halogens is 1. The van der Waals surface area contributed by atoms with Crippen molar-refractivity contribution in [2.45, 2.75) is 84.0 Å². The van der Waals surface area contributed by atoms with E-state index in [9.17, 15) is 19.2 Å². The molecule has 1 aliphatic rings. The van der Waals surface area contributed by atoms with Crippen molar-refractivity contribution in [2.24, 2.45) is 0 Å². The maximum Gasteiger partial charge on any atom is 0.246 e. The molecule has 2 N–H and O–H groups in total. The molecular formula is C37H45ClN4O4. The summed E-state index contributed by atoms with van der Waals surface area (Å²) in [5.41, 5.74) is 3.94. The lowest BCUT2D eigenvalue weighted by Gasteiger charge is -2.37. The molecule has 46 heavy (non-hydrogen) atoms. The van der Waals surface area contributed by atoms with Crippen LogP contribution in [-0.2, 0) is 27.3 Å². The van der Waals surface area contributed by atoms with Crippen molar-refractivity contribution in [3.63, 3.8) is 0 Å². The molecule has 9 heteroatoms. The average molecular weight is 645 g/mol. The number of nitrogens with zero attached hydrogens (tertiary/aromatic N) is 2. The zero-order valence-electron chi connectivity index (χ0n) is 27.2. The fraction of sp³-hybridized carbons (Fsp3) is 0.405. The summed E-state index contributed by atoms with van der Waals surface area (Å²) in [6, 6.07) is 20.7. The molecule has 0 unspecified atom stereocenters. The summed E-state index contributed by atoms with van der Waals surface area (Å²) in [6.07, 6.45) is 2.40. The number of hydrogen-bond donors (Lipinski definition) is 2. The van der Waals surface area contributed by atoms with Gasteiger partial charge in [-0.1, -0.05) is 66.2 Å². The van der Waals surface area contributed by atoms with Crippen LogP contribution in [0.1, 0.15) is 73.0 Å². The van der Waals surface area contributed by atoms with Crippen LogP contribution in [0.2, 0.25) is 5.02 Å². The van der Waals surface area contributed by atoms with Crippen molar-refractivity contribution in [1.29, 1.82) is 0 Å². The summed E-state index contributed by atoms with van der Waals surface area (Å²) in [7, 11) is 2.07. The molecule has 4 rings (SSSR count). The van der Waals surface area contributed by atoms with Gasteiger partial charge in [0.25, 0.3) is 0 Å². The van der Waals surface area contributed by atoms with E-state index in [1.165, 1.54) is 0 Å².